The van der Waals surface area contributed by atoms with Gasteiger partial charge in [0.25, 0.3) is 0 Å². The van der Waals surface area contributed by atoms with Crippen LogP contribution in [0.15, 0.2) is 47.2 Å². The first-order chi connectivity index (χ1) is 8.75. The number of aromatic amines is 2. The normalized spacial score (nSPS) is 11.3. The highest BCUT2D eigenvalue weighted by atomic mass is 79.9. The smallest absolute Gasteiger partial charge is 0.0746 e. The fraction of sp³-hybridized carbons (Fsp3) is 0.143. The molecule has 2 nitrogen and oxygen atoms in total. The number of halogens is 1. The number of aryl methyl sites for hydroxylation is 1. The molecule has 92 valence electrons. The maximum atomic E-state index is 3.67. The van der Waals surface area contributed by atoms with E-state index in [0.29, 0.717) is 0 Å². The Morgan fingerprint density at radius 3 is 2.11 bits per heavy atom. The zero-order valence-corrected chi connectivity index (χ0v) is 12.3. The lowest BCUT2D eigenvalue weighted by molar-refractivity contribution is 0.913. The molecule has 0 aliphatic carbocycles. The number of H-pyrrole nitrogens is 2. The summed E-state index contributed by atoms with van der Waals surface area (Å²) < 4.78 is 1.18. The molecule has 0 amide bonds. The first-order valence-electron chi connectivity index (χ1n) is 5.78. The largest absolute Gasteiger partial charge is 0.364 e. The van der Waals surface area contributed by atoms with Gasteiger partial charge in [0.2, 0.25) is 0 Å². The predicted octanol–water partition coefficient (Wildman–Crippen LogP) is 4.66. The molecule has 3 aromatic heterocycles. The first kappa shape index (κ1) is 11.8. The lowest BCUT2D eigenvalue weighted by atomic mass is 10.00. The summed E-state index contributed by atoms with van der Waals surface area (Å²) in [6.45, 7) is 2.14. The van der Waals surface area contributed by atoms with Crippen LogP contribution in [0.2, 0.25) is 0 Å². The van der Waals surface area contributed by atoms with E-state index >= 15 is 0 Å². The Morgan fingerprint density at radius 1 is 1.11 bits per heavy atom. The van der Waals surface area contributed by atoms with Gasteiger partial charge >= 0.3 is 0 Å². The van der Waals surface area contributed by atoms with Crippen LogP contribution in [0, 0.1) is 6.92 Å². The van der Waals surface area contributed by atoms with E-state index in [2.05, 4.69) is 51.0 Å². The van der Waals surface area contributed by atoms with Crippen molar-refractivity contribution in [1.82, 2.24) is 9.97 Å². The van der Waals surface area contributed by atoms with Gasteiger partial charge in [-0.3, -0.25) is 0 Å². The van der Waals surface area contributed by atoms with E-state index in [1.54, 1.807) is 0 Å². The standard InChI is InChI=1S/C14H13BrN2S/c1-9-8-10(15)14(18-9)13(11-4-2-6-16-11)12-5-3-7-17-12/h2-8,13,16-17H,1H3. The molecule has 0 aliphatic heterocycles. The van der Waals surface area contributed by atoms with Gasteiger partial charge in [0.1, 0.15) is 0 Å². The molecule has 3 heterocycles. The molecule has 0 unspecified atom stereocenters. The van der Waals surface area contributed by atoms with Crippen LogP contribution < -0.4 is 0 Å². The summed E-state index contributed by atoms with van der Waals surface area (Å²) in [6, 6.07) is 10.5. The van der Waals surface area contributed by atoms with Crippen molar-refractivity contribution in [3.63, 3.8) is 0 Å². The van der Waals surface area contributed by atoms with Crippen molar-refractivity contribution in [1.29, 1.82) is 0 Å². The van der Waals surface area contributed by atoms with Crippen LogP contribution in [0.5, 0.6) is 0 Å². The van der Waals surface area contributed by atoms with Gasteiger partial charge in [-0.1, -0.05) is 0 Å². The molecule has 0 fully saturated rings. The first-order valence-corrected chi connectivity index (χ1v) is 7.39. The molecule has 0 radical (unpaired) electrons. The van der Waals surface area contributed by atoms with Crippen LogP contribution in [-0.2, 0) is 0 Å². The summed E-state index contributed by atoms with van der Waals surface area (Å²) in [5.41, 5.74) is 2.42. The van der Waals surface area contributed by atoms with Crippen LogP contribution in [0.1, 0.15) is 27.1 Å². The molecular weight excluding hydrogens is 308 g/mol. The second-order valence-corrected chi connectivity index (χ2v) is 6.40. The molecule has 3 aromatic rings. The van der Waals surface area contributed by atoms with Crippen LogP contribution in [0.25, 0.3) is 0 Å². The van der Waals surface area contributed by atoms with Gasteiger partial charge in [0.05, 0.1) is 5.92 Å². The number of rotatable bonds is 3. The lowest BCUT2D eigenvalue weighted by Gasteiger charge is -2.13. The van der Waals surface area contributed by atoms with Gasteiger partial charge < -0.3 is 9.97 Å². The Kier molecular flexibility index (Phi) is 3.14. The van der Waals surface area contributed by atoms with Gasteiger partial charge in [-0.05, 0) is 53.2 Å². The van der Waals surface area contributed by atoms with Gasteiger partial charge in [0.15, 0.2) is 0 Å². The number of aromatic nitrogens is 2. The summed E-state index contributed by atoms with van der Waals surface area (Å²) in [5, 5.41) is 0. The summed E-state index contributed by atoms with van der Waals surface area (Å²) in [5.74, 6) is 0.239. The Balaban J connectivity index is 2.14. The van der Waals surface area contributed by atoms with Crippen LogP contribution in [0.3, 0.4) is 0 Å². The number of thiophene rings is 1. The highest BCUT2D eigenvalue weighted by molar-refractivity contribution is 9.10. The Labute approximate surface area is 118 Å². The molecular formula is C14H13BrN2S. The molecule has 2 N–H and O–H groups in total. The molecule has 4 heteroatoms. The van der Waals surface area contributed by atoms with E-state index in [4.69, 9.17) is 0 Å². The van der Waals surface area contributed by atoms with Gasteiger partial charge in [-0.2, -0.15) is 0 Å². The molecule has 0 bridgehead atoms. The topological polar surface area (TPSA) is 31.6 Å². The fourth-order valence-corrected chi connectivity index (χ4v) is 4.21. The van der Waals surface area contributed by atoms with E-state index in [9.17, 15) is 0 Å². The minimum absolute atomic E-state index is 0.239. The van der Waals surface area contributed by atoms with Gasteiger partial charge in [-0.25, -0.2) is 0 Å². The Bertz CT molecular complexity index is 589. The quantitative estimate of drug-likeness (QED) is 0.703. The SMILES string of the molecule is Cc1cc(Br)c(C(c2ccc[nH]2)c2ccc[nH]2)s1. The third-order valence-corrected chi connectivity index (χ3v) is 5.00. The zero-order chi connectivity index (χ0) is 12.5. The summed E-state index contributed by atoms with van der Waals surface area (Å²) >= 11 is 5.50. The molecule has 0 saturated carbocycles. The zero-order valence-electron chi connectivity index (χ0n) is 9.91. The van der Waals surface area contributed by atoms with Crippen LogP contribution in [-0.4, -0.2) is 9.97 Å². The fourth-order valence-electron chi connectivity index (χ4n) is 2.20. The highest BCUT2D eigenvalue weighted by Crippen LogP contribution is 2.39. The van der Waals surface area contributed by atoms with E-state index in [0.717, 1.165) is 0 Å². The highest BCUT2D eigenvalue weighted by Gasteiger charge is 2.22. The van der Waals surface area contributed by atoms with Crippen molar-refractivity contribution in [2.75, 3.05) is 0 Å². The molecule has 0 spiro atoms. The molecule has 3 rings (SSSR count). The third-order valence-electron chi connectivity index (χ3n) is 2.96. The maximum Gasteiger partial charge on any atom is 0.0746 e. The molecule has 0 aliphatic rings. The van der Waals surface area contributed by atoms with E-state index in [1.807, 2.05) is 35.9 Å². The van der Waals surface area contributed by atoms with Crippen molar-refractivity contribution in [3.05, 3.63) is 68.3 Å². The monoisotopic (exact) mass is 320 g/mol. The van der Waals surface area contributed by atoms with E-state index in [-0.39, 0.29) is 5.92 Å². The van der Waals surface area contributed by atoms with Crippen molar-refractivity contribution < 1.29 is 0 Å². The van der Waals surface area contributed by atoms with Crippen molar-refractivity contribution in [2.24, 2.45) is 0 Å². The minimum atomic E-state index is 0.239. The summed E-state index contributed by atoms with van der Waals surface area (Å²) in [7, 11) is 0. The molecule has 0 aromatic carbocycles. The van der Waals surface area contributed by atoms with Crippen LogP contribution in [0.4, 0.5) is 0 Å². The predicted molar refractivity (Wildman–Crippen MR) is 79.3 cm³/mol. The number of nitrogens with one attached hydrogen (secondary N) is 2. The molecule has 0 saturated heterocycles. The van der Waals surface area contributed by atoms with E-state index in [1.165, 1.54) is 25.6 Å². The second-order valence-electron chi connectivity index (χ2n) is 4.25. The molecule has 18 heavy (non-hydrogen) atoms. The maximum absolute atomic E-state index is 3.67. The Hall–Kier alpha value is -1.26. The minimum Gasteiger partial charge on any atom is -0.364 e. The second kappa shape index (κ2) is 4.78. The van der Waals surface area contributed by atoms with Crippen LogP contribution >= 0.6 is 27.3 Å². The van der Waals surface area contributed by atoms with E-state index < -0.39 is 0 Å². The number of hydrogen-bond acceptors (Lipinski definition) is 1. The Morgan fingerprint density at radius 2 is 1.72 bits per heavy atom. The van der Waals surface area contributed by atoms with Gasteiger partial charge in [0, 0.05) is 38.0 Å². The van der Waals surface area contributed by atoms with Crippen molar-refractivity contribution >= 4 is 27.3 Å². The van der Waals surface area contributed by atoms with Gasteiger partial charge in [-0.15, -0.1) is 11.3 Å². The third kappa shape index (κ3) is 2.06. The lowest BCUT2D eigenvalue weighted by Crippen LogP contribution is -2.02. The van der Waals surface area contributed by atoms with Crippen molar-refractivity contribution in [3.8, 4) is 0 Å². The molecule has 0 atom stereocenters. The summed E-state index contributed by atoms with van der Waals surface area (Å²) in [4.78, 5) is 9.30. The number of hydrogen-bond donors (Lipinski definition) is 2. The van der Waals surface area contributed by atoms with Crippen molar-refractivity contribution in [2.45, 2.75) is 12.8 Å². The average molecular weight is 321 g/mol. The average Bonchev–Trinajstić information content (AvgIpc) is 3.04. The summed E-state index contributed by atoms with van der Waals surface area (Å²) in [6.07, 6.45) is 3.94.